The predicted molar refractivity (Wildman–Crippen MR) is 114 cm³/mol. The minimum absolute atomic E-state index is 0.00760. The summed E-state index contributed by atoms with van der Waals surface area (Å²) in [6.45, 7) is 5.11. The SMILES string of the molecule is COc1ccc(C(=O)NCCC(C)C)cc1S(=O)(=O)N1CCCc2ccccc21. The maximum atomic E-state index is 13.5. The summed E-state index contributed by atoms with van der Waals surface area (Å²) in [5.74, 6) is 0.414. The fourth-order valence-electron chi connectivity index (χ4n) is 3.46. The van der Waals surface area contributed by atoms with E-state index in [-0.39, 0.29) is 16.6 Å². The summed E-state index contributed by atoms with van der Waals surface area (Å²) in [6.07, 6.45) is 2.45. The Morgan fingerprint density at radius 1 is 1.21 bits per heavy atom. The van der Waals surface area contributed by atoms with Gasteiger partial charge in [0.25, 0.3) is 15.9 Å². The van der Waals surface area contributed by atoms with Crippen molar-refractivity contribution in [3.8, 4) is 5.75 Å². The molecule has 0 aliphatic carbocycles. The first-order chi connectivity index (χ1) is 13.8. The minimum atomic E-state index is -3.88. The van der Waals surface area contributed by atoms with Crippen LogP contribution in [0.3, 0.4) is 0 Å². The third-order valence-electron chi connectivity index (χ3n) is 5.07. The number of sulfonamides is 1. The summed E-state index contributed by atoms with van der Waals surface area (Å²) in [6, 6.07) is 12.1. The van der Waals surface area contributed by atoms with Crippen LogP contribution < -0.4 is 14.4 Å². The fourth-order valence-corrected chi connectivity index (χ4v) is 5.19. The van der Waals surface area contributed by atoms with E-state index in [2.05, 4.69) is 19.2 Å². The topological polar surface area (TPSA) is 75.7 Å². The average Bonchev–Trinajstić information content (AvgIpc) is 2.72. The zero-order valence-electron chi connectivity index (χ0n) is 17.1. The van der Waals surface area contributed by atoms with Gasteiger partial charge in [0.2, 0.25) is 0 Å². The number of carbonyl (C=O) groups is 1. The van der Waals surface area contributed by atoms with Gasteiger partial charge in [0.15, 0.2) is 0 Å². The van der Waals surface area contributed by atoms with Crippen LogP contribution in [-0.4, -0.2) is 34.5 Å². The van der Waals surface area contributed by atoms with Crippen LogP contribution in [0, 0.1) is 5.92 Å². The molecule has 3 rings (SSSR count). The highest BCUT2D eigenvalue weighted by molar-refractivity contribution is 7.93. The van der Waals surface area contributed by atoms with Crippen LogP contribution in [0.25, 0.3) is 0 Å². The number of nitrogens with zero attached hydrogens (tertiary/aromatic N) is 1. The van der Waals surface area contributed by atoms with E-state index < -0.39 is 10.0 Å². The van der Waals surface area contributed by atoms with E-state index in [0.717, 1.165) is 24.8 Å². The number of fused-ring (bicyclic) bond motifs is 1. The van der Waals surface area contributed by atoms with Gasteiger partial charge in [0.1, 0.15) is 10.6 Å². The van der Waals surface area contributed by atoms with Gasteiger partial charge in [-0.05, 0) is 55.0 Å². The normalized spacial score (nSPS) is 13.9. The number of nitrogens with one attached hydrogen (secondary N) is 1. The molecule has 1 amide bonds. The third-order valence-corrected chi connectivity index (χ3v) is 6.90. The lowest BCUT2D eigenvalue weighted by Crippen LogP contribution is -2.36. The Labute approximate surface area is 172 Å². The van der Waals surface area contributed by atoms with Gasteiger partial charge >= 0.3 is 0 Å². The molecular formula is C22H28N2O4S. The molecule has 0 atom stereocenters. The molecule has 6 nitrogen and oxygen atoms in total. The van der Waals surface area contributed by atoms with E-state index in [1.165, 1.54) is 17.5 Å². The molecule has 0 bridgehead atoms. The summed E-state index contributed by atoms with van der Waals surface area (Å²) < 4.78 is 33.8. The van der Waals surface area contributed by atoms with Crippen molar-refractivity contribution >= 4 is 21.6 Å². The molecule has 1 N–H and O–H groups in total. The van der Waals surface area contributed by atoms with Crippen molar-refractivity contribution in [3.05, 3.63) is 53.6 Å². The largest absolute Gasteiger partial charge is 0.495 e. The van der Waals surface area contributed by atoms with Crippen LogP contribution in [0.4, 0.5) is 5.69 Å². The zero-order valence-corrected chi connectivity index (χ0v) is 18.0. The summed E-state index contributed by atoms with van der Waals surface area (Å²) >= 11 is 0. The molecule has 7 heteroatoms. The third kappa shape index (κ3) is 4.56. The van der Waals surface area contributed by atoms with Gasteiger partial charge < -0.3 is 10.1 Å². The lowest BCUT2D eigenvalue weighted by Gasteiger charge is -2.31. The standard InChI is InChI=1S/C22H28N2O4S/c1-16(2)12-13-23-22(25)18-10-11-20(28-3)21(15-18)29(26,27)24-14-6-8-17-7-4-5-9-19(17)24/h4-5,7,9-11,15-16H,6,8,12-14H2,1-3H3,(H,23,25). The van der Waals surface area contributed by atoms with E-state index in [4.69, 9.17) is 4.74 Å². The molecule has 1 aliphatic heterocycles. The average molecular weight is 417 g/mol. The first-order valence-electron chi connectivity index (χ1n) is 9.91. The molecule has 1 aliphatic rings. The first-order valence-corrected chi connectivity index (χ1v) is 11.4. The number of ether oxygens (including phenoxy) is 1. The highest BCUT2D eigenvalue weighted by Gasteiger charge is 2.32. The number of anilines is 1. The Balaban J connectivity index is 1.96. The Bertz CT molecular complexity index is 986. The highest BCUT2D eigenvalue weighted by atomic mass is 32.2. The Hall–Kier alpha value is -2.54. The van der Waals surface area contributed by atoms with E-state index in [9.17, 15) is 13.2 Å². The molecular weight excluding hydrogens is 388 g/mol. The van der Waals surface area contributed by atoms with Crippen molar-refractivity contribution < 1.29 is 17.9 Å². The molecule has 0 saturated carbocycles. The summed E-state index contributed by atoms with van der Waals surface area (Å²) in [5.41, 5.74) is 2.00. The number of rotatable bonds is 7. The number of aryl methyl sites for hydroxylation is 1. The lowest BCUT2D eigenvalue weighted by molar-refractivity contribution is 0.0951. The van der Waals surface area contributed by atoms with Crippen LogP contribution >= 0.6 is 0 Å². The molecule has 2 aromatic carbocycles. The van der Waals surface area contributed by atoms with Crippen molar-refractivity contribution in [1.82, 2.24) is 5.32 Å². The van der Waals surface area contributed by atoms with Gasteiger partial charge in [0.05, 0.1) is 12.8 Å². The van der Waals surface area contributed by atoms with Crippen LogP contribution in [0.1, 0.15) is 42.6 Å². The van der Waals surface area contributed by atoms with Crippen molar-refractivity contribution in [1.29, 1.82) is 0 Å². The van der Waals surface area contributed by atoms with Gasteiger partial charge in [-0.25, -0.2) is 8.42 Å². The number of benzene rings is 2. The molecule has 0 spiro atoms. The molecule has 0 saturated heterocycles. The fraction of sp³-hybridized carbons (Fsp3) is 0.409. The smallest absolute Gasteiger partial charge is 0.268 e. The molecule has 156 valence electrons. The van der Waals surface area contributed by atoms with Crippen molar-refractivity contribution in [2.75, 3.05) is 24.5 Å². The quantitative estimate of drug-likeness (QED) is 0.748. The van der Waals surface area contributed by atoms with E-state index in [0.29, 0.717) is 30.3 Å². The lowest BCUT2D eigenvalue weighted by atomic mass is 10.0. The molecule has 29 heavy (non-hydrogen) atoms. The number of hydrogen-bond acceptors (Lipinski definition) is 4. The number of carbonyl (C=O) groups excluding carboxylic acids is 1. The molecule has 1 heterocycles. The van der Waals surface area contributed by atoms with Crippen LogP contribution in [-0.2, 0) is 16.4 Å². The second-order valence-corrected chi connectivity index (χ2v) is 9.44. The molecule has 0 radical (unpaired) electrons. The van der Waals surface area contributed by atoms with Crippen molar-refractivity contribution in [2.45, 2.75) is 38.0 Å². The van der Waals surface area contributed by atoms with Crippen LogP contribution in [0.5, 0.6) is 5.75 Å². The van der Waals surface area contributed by atoms with Gasteiger partial charge in [-0.15, -0.1) is 0 Å². The van der Waals surface area contributed by atoms with Gasteiger partial charge in [-0.3, -0.25) is 9.10 Å². The molecule has 0 unspecified atom stereocenters. The maximum Gasteiger partial charge on any atom is 0.268 e. The second kappa shape index (κ2) is 8.86. The van der Waals surface area contributed by atoms with Gasteiger partial charge in [-0.2, -0.15) is 0 Å². The molecule has 0 fully saturated rings. The molecule has 0 aromatic heterocycles. The highest BCUT2D eigenvalue weighted by Crippen LogP contribution is 2.35. The monoisotopic (exact) mass is 416 g/mol. The van der Waals surface area contributed by atoms with E-state index in [1.807, 2.05) is 24.3 Å². The van der Waals surface area contributed by atoms with Crippen LogP contribution in [0.15, 0.2) is 47.4 Å². The number of amides is 1. The second-order valence-electron chi connectivity index (χ2n) is 7.61. The summed E-state index contributed by atoms with van der Waals surface area (Å²) in [7, 11) is -2.45. The Kier molecular flexibility index (Phi) is 6.47. The Morgan fingerprint density at radius 2 is 1.97 bits per heavy atom. The number of methoxy groups -OCH3 is 1. The predicted octanol–water partition coefficient (Wildman–Crippen LogP) is 3.61. The molecule has 2 aromatic rings. The Morgan fingerprint density at radius 3 is 2.69 bits per heavy atom. The first kappa shape index (κ1) is 21.2. The van der Waals surface area contributed by atoms with Gasteiger partial charge in [0, 0.05) is 18.7 Å². The van der Waals surface area contributed by atoms with Gasteiger partial charge in [-0.1, -0.05) is 32.0 Å². The van der Waals surface area contributed by atoms with E-state index >= 15 is 0 Å². The summed E-state index contributed by atoms with van der Waals surface area (Å²) in [4.78, 5) is 12.5. The minimum Gasteiger partial charge on any atom is -0.495 e. The van der Waals surface area contributed by atoms with Crippen LogP contribution in [0.2, 0.25) is 0 Å². The summed E-state index contributed by atoms with van der Waals surface area (Å²) in [5, 5.41) is 2.85. The number of hydrogen-bond donors (Lipinski definition) is 1. The van der Waals surface area contributed by atoms with E-state index in [1.54, 1.807) is 12.1 Å². The maximum absolute atomic E-state index is 13.5. The van der Waals surface area contributed by atoms with Crippen molar-refractivity contribution in [2.24, 2.45) is 5.92 Å². The number of para-hydroxylation sites is 1. The van der Waals surface area contributed by atoms with Crippen molar-refractivity contribution in [3.63, 3.8) is 0 Å². The zero-order chi connectivity index (χ0) is 21.0.